The number of rotatable bonds is 4. The SMILES string of the molecule is Cn1c(=O)cc(SCC(=O)Nc2ccc(F)c(Cl)c2)c2ccc(Cl)cc21. The van der Waals surface area contributed by atoms with Gasteiger partial charge in [-0.1, -0.05) is 29.3 Å². The number of hydrogen-bond acceptors (Lipinski definition) is 3. The molecule has 3 rings (SSSR count). The fraction of sp³-hybridized carbons (Fsp3) is 0.111. The zero-order chi connectivity index (χ0) is 18.8. The molecule has 4 nitrogen and oxygen atoms in total. The number of aromatic nitrogens is 1. The highest BCUT2D eigenvalue weighted by molar-refractivity contribution is 8.00. The standard InChI is InChI=1S/C18H13Cl2FN2O2S/c1-23-15-6-10(19)2-4-12(15)16(8-18(23)25)26-9-17(24)22-11-3-5-14(21)13(20)7-11/h2-8H,9H2,1H3,(H,22,24). The van der Waals surface area contributed by atoms with Gasteiger partial charge in [0.15, 0.2) is 0 Å². The molecule has 0 saturated carbocycles. The van der Waals surface area contributed by atoms with E-state index in [-0.39, 0.29) is 22.2 Å². The summed E-state index contributed by atoms with van der Waals surface area (Å²) in [4.78, 5) is 25.0. The summed E-state index contributed by atoms with van der Waals surface area (Å²) in [5, 5.41) is 3.94. The van der Waals surface area contributed by atoms with Crippen LogP contribution in [0.25, 0.3) is 10.9 Å². The first kappa shape index (κ1) is 18.8. The van der Waals surface area contributed by atoms with E-state index in [1.165, 1.54) is 40.6 Å². The van der Waals surface area contributed by atoms with Gasteiger partial charge in [-0.25, -0.2) is 4.39 Å². The number of halogens is 3. The van der Waals surface area contributed by atoms with Gasteiger partial charge in [-0.3, -0.25) is 9.59 Å². The van der Waals surface area contributed by atoms with Crippen LogP contribution in [0.5, 0.6) is 0 Å². The molecular formula is C18H13Cl2FN2O2S. The maximum atomic E-state index is 13.2. The Balaban J connectivity index is 1.79. The lowest BCUT2D eigenvalue weighted by molar-refractivity contribution is -0.113. The van der Waals surface area contributed by atoms with Gasteiger partial charge in [0.2, 0.25) is 5.91 Å². The summed E-state index contributed by atoms with van der Waals surface area (Å²) in [6, 6.07) is 10.7. The zero-order valence-electron chi connectivity index (χ0n) is 13.6. The van der Waals surface area contributed by atoms with Gasteiger partial charge >= 0.3 is 0 Å². The van der Waals surface area contributed by atoms with Crippen molar-refractivity contribution < 1.29 is 9.18 Å². The second-order valence-electron chi connectivity index (χ2n) is 5.53. The number of carbonyl (C=O) groups excluding carboxylic acids is 1. The van der Waals surface area contributed by atoms with E-state index in [2.05, 4.69) is 5.32 Å². The van der Waals surface area contributed by atoms with Crippen molar-refractivity contribution in [1.29, 1.82) is 0 Å². The lowest BCUT2D eigenvalue weighted by Crippen LogP contribution is -2.17. The van der Waals surface area contributed by atoms with Crippen molar-refractivity contribution in [3.05, 3.63) is 68.7 Å². The van der Waals surface area contributed by atoms with Gasteiger partial charge in [-0.15, -0.1) is 11.8 Å². The van der Waals surface area contributed by atoms with Gasteiger partial charge in [0.1, 0.15) is 5.82 Å². The first-order valence-corrected chi connectivity index (χ1v) is 9.26. The van der Waals surface area contributed by atoms with Crippen molar-refractivity contribution in [1.82, 2.24) is 4.57 Å². The number of amides is 1. The summed E-state index contributed by atoms with van der Waals surface area (Å²) in [5.41, 5.74) is 0.911. The Morgan fingerprint density at radius 2 is 1.96 bits per heavy atom. The Hall–Kier alpha value is -2.02. The monoisotopic (exact) mass is 410 g/mol. The Bertz CT molecular complexity index is 1070. The first-order chi connectivity index (χ1) is 12.3. The third-order valence-corrected chi connectivity index (χ3v) is 5.31. The van der Waals surface area contributed by atoms with E-state index in [1.807, 2.05) is 6.07 Å². The molecule has 3 aromatic rings. The molecule has 8 heteroatoms. The Morgan fingerprint density at radius 3 is 2.69 bits per heavy atom. The molecule has 2 aromatic carbocycles. The van der Waals surface area contributed by atoms with Crippen LogP contribution in [-0.2, 0) is 11.8 Å². The molecule has 134 valence electrons. The molecule has 1 amide bonds. The highest BCUT2D eigenvalue weighted by atomic mass is 35.5. The minimum atomic E-state index is -0.552. The van der Waals surface area contributed by atoms with Gasteiger partial charge in [0.25, 0.3) is 5.56 Å². The molecule has 0 atom stereocenters. The predicted octanol–water partition coefficient (Wildman–Crippen LogP) is 4.72. The van der Waals surface area contributed by atoms with Gasteiger partial charge < -0.3 is 9.88 Å². The second kappa shape index (κ2) is 7.70. The van der Waals surface area contributed by atoms with Crippen molar-refractivity contribution in [2.75, 3.05) is 11.1 Å². The lowest BCUT2D eigenvalue weighted by atomic mass is 10.2. The molecule has 26 heavy (non-hydrogen) atoms. The van der Waals surface area contributed by atoms with E-state index in [9.17, 15) is 14.0 Å². The van der Waals surface area contributed by atoms with Crippen molar-refractivity contribution in [2.24, 2.45) is 7.05 Å². The number of nitrogens with zero attached hydrogens (tertiary/aromatic N) is 1. The number of thioether (sulfide) groups is 1. The van der Waals surface area contributed by atoms with E-state index in [0.717, 1.165) is 5.39 Å². The molecule has 0 radical (unpaired) electrons. The molecule has 0 spiro atoms. The molecule has 0 aliphatic carbocycles. The fourth-order valence-electron chi connectivity index (χ4n) is 2.43. The summed E-state index contributed by atoms with van der Waals surface area (Å²) in [6.45, 7) is 0. The van der Waals surface area contributed by atoms with E-state index in [1.54, 1.807) is 19.2 Å². The Labute approximate surface area is 162 Å². The average Bonchev–Trinajstić information content (AvgIpc) is 2.60. The van der Waals surface area contributed by atoms with Crippen LogP contribution in [0.1, 0.15) is 0 Å². The van der Waals surface area contributed by atoms with Crippen LogP contribution in [0.15, 0.2) is 52.2 Å². The van der Waals surface area contributed by atoms with Crippen LogP contribution in [0.2, 0.25) is 10.0 Å². The minimum absolute atomic E-state index is 0.0649. The van der Waals surface area contributed by atoms with E-state index < -0.39 is 5.82 Å². The number of aryl methyl sites for hydroxylation is 1. The minimum Gasteiger partial charge on any atom is -0.325 e. The normalized spacial score (nSPS) is 10.9. The molecular weight excluding hydrogens is 398 g/mol. The van der Waals surface area contributed by atoms with Gasteiger partial charge in [-0.05, 0) is 30.3 Å². The summed E-state index contributed by atoms with van der Waals surface area (Å²) in [7, 11) is 1.67. The summed E-state index contributed by atoms with van der Waals surface area (Å²) in [5.74, 6) is -0.760. The van der Waals surface area contributed by atoms with E-state index in [0.29, 0.717) is 21.1 Å². The number of benzene rings is 2. The highest BCUT2D eigenvalue weighted by Crippen LogP contribution is 2.28. The topological polar surface area (TPSA) is 51.1 Å². The van der Waals surface area contributed by atoms with Gasteiger partial charge in [0, 0.05) is 34.1 Å². The molecule has 1 aromatic heterocycles. The summed E-state index contributed by atoms with van der Waals surface area (Å²) < 4.78 is 14.7. The maximum absolute atomic E-state index is 13.2. The molecule has 0 bridgehead atoms. The largest absolute Gasteiger partial charge is 0.325 e. The Kier molecular flexibility index (Phi) is 5.55. The van der Waals surface area contributed by atoms with Gasteiger partial charge in [-0.2, -0.15) is 0 Å². The molecule has 1 N–H and O–H groups in total. The third kappa shape index (κ3) is 4.03. The molecule has 0 aliphatic rings. The average molecular weight is 411 g/mol. The predicted molar refractivity (Wildman–Crippen MR) is 105 cm³/mol. The third-order valence-electron chi connectivity index (χ3n) is 3.73. The lowest BCUT2D eigenvalue weighted by Gasteiger charge is -2.10. The molecule has 0 saturated heterocycles. The van der Waals surface area contributed by atoms with E-state index in [4.69, 9.17) is 23.2 Å². The van der Waals surface area contributed by atoms with Crippen LogP contribution in [0, 0.1) is 5.82 Å². The maximum Gasteiger partial charge on any atom is 0.251 e. The van der Waals surface area contributed by atoms with Crippen molar-refractivity contribution in [3.8, 4) is 0 Å². The number of pyridine rings is 1. The van der Waals surface area contributed by atoms with Crippen LogP contribution in [0.4, 0.5) is 10.1 Å². The van der Waals surface area contributed by atoms with Crippen molar-refractivity contribution in [2.45, 2.75) is 4.90 Å². The number of fused-ring (bicyclic) bond motifs is 1. The highest BCUT2D eigenvalue weighted by Gasteiger charge is 2.11. The van der Waals surface area contributed by atoms with E-state index >= 15 is 0 Å². The van der Waals surface area contributed by atoms with Crippen LogP contribution in [0.3, 0.4) is 0 Å². The number of carbonyl (C=O) groups is 1. The Morgan fingerprint density at radius 1 is 1.19 bits per heavy atom. The van der Waals surface area contributed by atoms with Crippen LogP contribution >= 0.6 is 35.0 Å². The second-order valence-corrected chi connectivity index (χ2v) is 7.39. The smallest absolute Gasteiger partial charge is 0.251 e. The zero-order valence-corrected chi connectivity index (χ0v) is 15.9. The molecule has 1 heterocycles. The molecule has 0 unspecified atom stereocenters. The number of nitrogens with one attached hydrogen (secondary N) is 1. The number of hydrogen-bond donors (Lipinski definition) is 1. The first-order valence-electron chi connectivity index (χ1n) is 7.52. The fourth-order valence-corrected chi connectivity index (χ4v) is 3.65. The van der Waals surface area contributed by atoms with Crippen LogP contribution < -0.4 is 10.9 Å². The molecule has 0 fully saturated rings. The molecule has 0 aliphatic heterocycles. The quantitative estimate of drug-likeness (QED) is 0.633. The van der Waals surface area contributed by atoms with Crippen molar-refractivity contribution in [3.63, 3.8) is 0 Å². The van der Waals surface area contributed by atoms with Crippen LogP contribution in [-0.4, -0.2) is 16.2 Å². The summed E-state index contributed by atoms with van der Waals surface area (Å²) >= 11 is 13.0. The van der Waals surface area contributed by atoms with Crippen molar-refractivity contribution >= 4 is 57.5 Å². The number of anilines is 1. The van der Waals surface area contributed by atoms with Gasteiger partial charge in [0.05, 0.1) is 16.3 Å². The summed E-state index contributed by atoms with van der Waals surface area (Å²) in [6.07, 6.45) is 0.